The van der Waals surface area contributed by atoms with Crippen LogP contribution in [0, 0.1) is 0 Å². The minimum Gasteiger partial charge on any atom is -0.337 e. The van der Waals surface area contributed by atoms with E-state index < -0.39 is 15.3 Å². The fourth-order valence-electron chi connectivity index (χ4n) is 3.36. The summed E-state index contributed by atoms with van der Waals surface area (Å²) in [6, 6.07) is 6.79. The highest BCUT2D eigenvalue weighted by molar-refractivity contribution is 7.89. The largest absolute Gasteiger partial charge is 0.337 e. The molecule has 0 bridgehead atoms. The lowest BCUT2D eigenvalue weighted by molar-refractivity contribution is 0.0725. The Morgan fingerprint density at radius 1 is 1.28 bits per heavy atom. The normalized spacial score (nSPS) is 22.6. The third-order valence-corrected chi connectivity index (χ3v) is 7.43. The van der Waals surface area contributed by atoms with E-state index in [1.165, 1.54) is 5.57 Å². The van der Waals surface area contributed by atoms with Crippen LogP contribution in [0.15, 0.2) is 35.9 Å². The van der Waals surface area contributed by atoms with Gasteiger partial charge in [0.1, 0.15) is 0 Å². The molecule has 1 fully saturated rings. The maximum Gasteiger partial charge on any atom is 0.253 e. The molecule has 1 amide bonds. The first kappa shape index (κ1) is 18.4. The molecule has 7 heteroatoms. The highest BCUT2D eigenvalue weighted by Gasteiger charge is 2.37. The molecule has 5 nitrogen and oxygen atoms in total. The van der Waals surface area contributed by atoms with Gasteiger partial charge in [-0.15, -0.1) is 0 Å². The maximum absolute atomic E-state index is 12.9. The average Bonchev–Trinajstić information content (AvgIpc) is 2.61. The van der Waals surface area contributed by atoms with Gasteiger partial charge in [0.05, 0.1) is 5.25 Å². The molecule has 25 heavy (non-hydrogen) atoms. The summed E-state index contributed by atoms with van der Waals surface area (Å²) < 4.78 is 27.4. The molecule has 2 heterocycles. The molecule has 1 atom stereocenters. The monoisotopic (exact) mass is 382 g/mol. The first-order valence-electron chi connectivity index (χ1n) is 8.57. The molecule has 0 saturated carbocycles. The Hall–Kier alpha value is -1.37. The number of piperidine rings is 1. The van der Waals surface area contributed by atoms with Crippen LogP contribution in [0.1, 0.15) is 36.5 Å². The van der Waals surface area contributed by atoms with Crippen molar-refractivity contribution in [1.29, 1.82) is 0 Å². The average molecular weight is 383 g/mol. The van der Waals surface area contributed by atoms with E-state index in [1.807, 2.05) is 13.0 Å². The van der Waals surface area contributed by atoms with Crippen molar-refractivity contribution in [2.75, 3.05) is 26.2 Å². The Morgan fingerprint density at radius 3 is 2.76 bits per heavy atom. The van der Waals surface area contributed by atoms with Gasteiger partial charge >= 0.3 is 0 Å². The van der Waals surface area contributed by atoms with Gasteiger partial charge < -0.3 is 4.90 Å². The number of hydrogen-bond acceptors (Lipinski definition) is 3. The quantitative estimate of drug-likeness (QED) is 0.755. The van der Waals surface area contributed by atoms with Gasteiger partial charge in [-0.1, -0.05) is 29.3 Å². The van der Waals surface area contributed by atoms with Crippen LogP contribution in [-0.4, -0.2) is 55.0 Å². The van der Waals surface area contributed by atoms with Crippen molar-refractivity contribution in [3.8, 4) is 0 Å². The molecule has 0 spiro atoms. The molecular weight excluding hydrogens is 360 g/mol. The van der Waals surface area contributed by atoms with E-state index in [9.17, 15) is 13.2 Å². The second-order valence-corrected chi connectivity index (χ2v) is 9.38. The summed E-state index contributed by atoms with van der Waals surface area (Å²) in [4.78, 5) is 14.3. The highest BCUT2D eigenvalue weighted by atomic mass is 35.5. The maximum atomic E-state index is 12.9. The standard InChI is InChI=1S/C18H23ClN2O3S/c1-14-7-10-21(11-8-14)25(23,24)17-6-3-9-20(13-17)18(22)15-4-2-5-16(19)12-15/h2,4-5,7,12,17H,3,6,8-11,13H2,1H3. The zero-order valence-electron chi connectivity index (χ0n) is 14.3. The van der Waals surface area contributed by atoms with Crippen LogP contribution in [0.2, 0.25) is 5.02 Å². The molecule has 1 aromatic rings. The van der Waals surface area contributed by atoms with Crippen LogP contribution >= 0.6 is 11.6 Å². The molecule has 2 aliphatic rings. The third kappa shape index (κ3) is 4.07. The summed E-state index contributed by atoms with van der Waals surface area (Å²) in [5.41, 5.74) is 1.73. The molecule has 0 aromatic heterocycles. The Morgan fingerprint density at radius 2 is 2.08 bits per heavy atom. The Labute approximate surface area is 154 Å². The highest BCUT2D eigenvalue weighted by Crippen LogP contribution is 2.24. The third-order valence-electron chi connectivity index (χ3n) is 4.92. The second kappa shape index (κ2) is 7.48. The number of halogens is 1. The van der Waals surface area contributed by atoms with Crippen molar-refractivity contribution in [3.05, 3.63) is 46.5 Å². The fraction of sp³-hybridized carbons (Fsp3) is 0.500. The van der Waals surface area contributed by atoms with Gasteiger partial charge in [0.25, 0.3) is 5.91 Å². The van der Waals surface area contributed by atoms with E-state index in [4.69, 9.17) is 11.6 Å². The van der Waals surface area contributed by atoms with Gasteiger partial charge in [0.15, 0.2) is 0 Å². The van der Waals surface area contributed by atoms with Gasteiger partial charge in [-0.2, -0.15) is 4.31 Å². The van der Waals surface area contributed by atoms with E-state index in [2.05, 4.69) is 0 Å². The molecule has 3 rings (SSSR count). The number of hydrogen-bond donors (Lipinski definition) is 0. The first-order valence-corrected chi connectivity index (χ1v) is 10.5. The second-order valence-electron chi connectivity index (χ2n) is 6.73. The van der Waals surface area contributed by atoms with Crippen LogP contribution < -0.4 is 0 Å². The number of amides is 1. The molecule has 1 saturated heterocycles. The zero-order chi connectivity index (χ0) is 18.0. The van der Waals surface area contributed by atoms with Gasteiger partial charge in [0.2, 0.25) is 10.0 Å². The van der Waals surface area contributed by atoms with Crippen molar-refractivity contribution < 1.29 is 13.2 Å². The van der Waals surface area contributed by atoms with Crippen molar-refractivity contribution in [2.24, 2.45) is 0 Å². The Bertz CT molecular complexity index is 791. The van der Waals surface area contributed by atoms with Crippen molar-refractivity contribution in [1.82, 2.24) is 9.21 Å². The Kier molecular flexibility index (Phi) is 5.51. The van der Waals surface area contributed by atoms with E-state index >= 15 is 0 Å². The number of benzene rings is 1. The molecular formula is C18H23ClN2O3S. The smallest absolute Gasteiger partial charge is 0.253 e. The van der Waals surface area contributed by atoms with Gasteiger partial charge in [-0.05, 0) is 44.4 Å². The van der Waals surface area contributed by atoms with Crippen LogP contribution in [0.5, 0.6) is 0 Å². The van der Waals surface area contributed by atoms with Crippen molar-refractivity contribution in [2.45, 2.75) is 31.4 Å². The molecule has 0 aliphatic carbocycles. The number of nitrogens with zero attached hydrogens (tertiary/aromatic N) is 2. The number of likely N-dealkylation sites (tertiary alicyclic amines) is 1. The van der Waals surface area contributed by atoms with Crippen LogP contribution in [0.3, 0.4) is 0 Å². The lowest BCUT2D eigenvalue weighted by Gasteiger charge is -2.36. The van der Waals surface area contributed by atoms with E-state index in [1.54, 1.807) is 33.5 Å². The van der Waals surface area contributed by atoms with Gasteiger partial charge in [0, 0.05) is 36.8 Å². The molecule has 0 N–H and O–H groups in total. The molecule has 1 aromatic carbocycles. The predicted octanol–water partition coefficient (Wildman–Crippen LogP) is 2.93. The lowest BCUT2D eigenvalue weighted by Crippen LogP contribution is -2.50. The van der Waals surface area contributed by atoms with Crippen molar-refractivity contribution in [3.63, 3.8) is 0 Å². The van der Waals surface area contributed by atoms with E-state index in [0.717, 1.165) is 6.42 Å². The van der Waals surface area contributed by atoms with Crippen LogP contribution in [0.25, 0.3) is 0 Å². The molecule has 0 radical (unpaired) electrons. The van der Waals surface area contributed by atoms with Crippen molar-refractivity contribution >= 4 is 27.5 Å². The van der Waals surface area contributed by atoms with Gasteiger partial charge in [-0.3, -0.25) is 4.79 Å². The predicted molar refractivity (Wildman–Crippen MR) is 99.2 cm³/mol. The fourth-order valence-corrected chi connectivity index (χ4v) is 5.44. The molecule has 1 unspecified atom stereocenters. The molecule has 2 aliphatic heterocycles. The summed E-state index contributed by atoms with van der Waals surface area (Å²) in [6.07, 6.45) is 4.04. The summed E-state index contributed by atoms with van der Waals surface area (Å²) >= 11 is 5.96. The number of carbonyl (C=O) groups excluding carboxylic acids is 1. The number of sulfonamides is 1. The van der Waals surface area contributed by atoms with Gasteiger partial charge in [-0.25, -0.2) is 8.42 Å². The first-order chi connectivity index (χ1) is 11.9. The van der Waals surface area contributed by atoms with Crippen LogP contribution in [-0.2, 0) is 10.0 Å². The Balaban J connectivity index is 1.73. The lowest BCUT2D eigenvalue weighted by atomic mass is 10.1. The number of carbonyl (C=O) groups is 1. The van der Waals surface area contributed by atoms with E-state index in [-0.39, 0.29) is 12.5 Å². The zero-order valence-corrected chi connectivity index (χ0v) is 15.9. The number of rotatable bonds is 3. The minimum absolute atomic E-state index is 0.156. The summed E-state index contributed by atoms with van der Waals surface area (Å²) in [7, 11) is -3.40. The van der Waals surface area contributed by atoms with Crippen LogP contribution in [0.4, 0.5) is 0 Å². The summed E-state index contributed by atoms with van der Waals surface area (Å²) in [6.45, 7) is 3.82. The summed E-state index contributed by atoms with van der Waals surface area (Å²) in [5.74, 6) is -0.156. The van der Waals surface area contributed by atoms with E-state index in [0.29, 0.717) is 43.1 Å². The topological polar surface area (TPSA) is 57.7 Å². The SMILES string of the molecule is CC1=CCN(S(=O)(=O)C2CCCN(C(=O)c3cccc(Cl)c3)C2)CC1. The summed E-state index contributed by atoms with van der Waals surface area (Å²) in [5, 5.41) is -0.0290. The minimum atomic E-state index is -3.40. The molecule has 136 valence electrons.